The zero-order valence-corrected chi connectivity index (χ0v) is 8.51. The van der Waals surface area contributed by atoms with E-state index in [-0.39, 0.29) is 11.6 Å². The van der Waals surface area contributed by atoms with Gasteiger partial charge >= 0.3 is 0 Å². The van der Waals surface area contributed by atoms with Gasteiger partial charge in [-0.05, 0) is 13.3 Å². The van der Waals surface area contributed by atoms with Crippen molar-refractivity contribution < 1.29 is 4.74 Å². The Morgan fingerprint density at radius 1 is 1.85 bits per heavy atom. The normalized spacial score (nSPS) is 33.8. The Morgan fingerprint density at radius 2 is 2.69 bits per heavy atom. The van der Waals surface area contributed by atoms with Crippen LogP contribution in [0, 0.1) is 0 Å². The smallest absolute Gasteiger partial charge is 0.0794 e. The molecule has 1 aliphatic rings. The number of nitrogens with zero attached hydrogens (tertiary/aromatic N) is 1. The maximum Gasteiger partial charge on any atom is 0.0794 e. The quantitative estimate of drug-likeness (QED) is 0.776. The topological polar surface area (TPSA) is 48.1 Å². The lowest BCUT2D eigenvalue weighted by Gasteiger charge is -2.26. The average Bonchev–Trinajstić information content (AvgIpc) is 2.65. The fraction of sp³-hybridized carbons (Fsp3) is 0.667. The Labute approximate surface area is 81.9 Å². The molecular formula is C9H14N2OS. The average molecular weight is 198 g/mol. The van der Waals surface area contributed by atoms with Crippen LogP contribution in [0.15, 0.2) is 10.9 Å². The van der Waals surface area contributed by atoms with Gasteiger partial charge in [0.2, 0.25) is 0 Å². The minimum Gasteiger partial charge on any atom is -0.377 e. The van der Waals surface area contributed by atoms with Crippen molar-refractivity contribution in [3.05, 3.63) is 16.6 Å². The summed E-state index contributed by atoms with van der Waals surface area (Å²) in [5.41, 5.74) is 8.97. The molecule has 4 heteroatoms. The van der Waals surface area contributed by atoms with Gasteiger partial charge in [0.25, 0.3) is 0 Å². The van der Waals surface area contributed by atoms with Crippen LogP contribution >= 0.6 is 11.3 Å². The molecule has 0 bridgehead atoms. The number of aromatic nitrogens is 1. The molecule has 2 heterocycles. The lowest BCUT2D eigenvalue weighted by Crippen LogP contribution is -2.48. The molecular weight excluding hydrogens is 184 g/mol. The summed E-state index contributed by atoms with van der Waals surface area (Å²) in [5, 5.41) is 2.06. The molecule has 0 amide bonds. The third kappa shape index (κ3) is 1.75. The fourth-order valence-electron chi connectivity index (χ4n) is 1.69. The van der Waals surface area contributed by atoms with Gasteiger partial charge in [-0.15, -0.1) is 11.3 Å². The SMILES string of the molecule is CC1OCCC1(N)Cc1cscn1. The van der Waals surface area contributed by atoms with E-state index >= 15 is 0 Å². The van der Waals surface area contributed by atoms with Crippen molar-refractivity contribution in [2.75, 3.05) is 6.61 Å². The molecule has 2 rings (SSSR count). The van der Waals surface area contributed by atoms with E-state index < -0.39 is 0 Å². The number of rotatable bonds is 2. The molecule has 0 saturated carbocycles. The van der Waals surface area contributed by atoms with Crippen molar-refractivity contribution in [1.82, 2.24) is 4.98 Å². The molecule has 2 unspecified atom stereocenters. The Balaban J connectivity index is 2.08. The summed E-state index contributed by atoms with van der Waals surface area (Å²) >= 11 is 1.62. The number of ether oxygens (including phenoxy) is 1. The minimum absolute atomic E-state index is 0.147. The van der Waals surface area contributed by atoms with Gasteiger partial charge in [0.1, 0.15) is 0 Å². The van der Waals surface area contributed by atoms with Crippen molar-refractivity contribution in [2.24, 2.45) is 5.73 Å². The Kier molecular flexibility index (Phi) is 2.36. The van der Waals surface area contributed by atoms with Crippen LogP contribution in [0.5, 0.6) is 0 Å². The van der Waals surface area contributed by atoms with Gasteiger partial charge in [-0.3, -0.25) is 0 Å². The first kappa shape index (κ1) is 9.12. The van der Waals surface area contributed by atoms with Crippen LogP contribution in [0.2, 0.25) is 0 Å². The summed E-state index contributed by atoms with van der Waals surface area (Å²) in [6.07, 6.45) is 1.91. The first-order chi connectivity index (χ1) is 6.21. The summed E-state index contributed by atoms with van der Waals surface area (Å²) in [5.74, 6) is 0. The fourth-order valence-corrected chi connectivity index (χ4v) is 2.25. The first-order valence-corrected chi connectivity index (χ1v) is 5.42. The van der Waals surface area contributed by atoms with Crippen molar-refractivity contribution in [2.45, 2.75) is 31.4 Å². The van der Waals surface area contributed by atoms with Gasteiger partial charge in [0.05, 0.1) is 17.3 Å². The highest BCUT2D eigenvalue weighted by Gasteiger charge is 2.38. The van der Waals surface area contributed by atoms with Crippen LogP contribution in [0.4, 0.5) is 0 Å². The number of hydrogen-bond acceptors (Lipinski definition) is 4. The number of hydrogen-bond donors (Lipinski definition) is 1. The van der Waals surface area contributed by atoms with E-state index in [1.807, 2.05) is 12.4 Å². The summed E-state index contributed by atoms with van der Waals surface area (Å²) in [6.45, 7) is 2.82. The van der Waals surface area contributed by atoms with Gasteiger partial charge in [-0.1, -0.05) is 0 Å². The summed E-state index contributed by atoms with van der Waals surface area (Å²) in [6, 6.07) is 0. The van der Waals surface area contributed by atoms with Crippen LogP contribution in [0.3, 0.4) is 0 Å². The van der Waals surface area contributed by atoms with Crippen LogP contribution < -0.4 is 5.73 Å². The van der Waals surface area contributed by atoms with Crippen molar-refractivity contribution in [3.8, 4) is 0 Å². The lowest BCUT2D eigenvalue weighted by molar-refractivity contribution is 0.0953. The summed E-state index contributed by atoms with van der Waals surface area (Å²) < 4.78 is 5.47. The van der Waals surface area contributed by atoms with Gasteiger partial charge < -0.3 is 10.5 Å². The standard InChI is InChI=1S/C9H14N2OS/c1-7-9(10,2-3-12-7)4-8-5-13-6-11-8/h5-7H,2-4,10H2,1H3. The van der Waals surface area contributed by atoms with Gasteiger partial charge in [-0.25, -0.2) is 4.98 Å². The number of nitrogens with two attached hydrogens (primary N) is 1. The zero-order chi connectivity index (χ0) is 9.31. The lowest BCUT2D eigenvalue weighted by atomic mass is 9.88. The van der Waals surface area contributed by atoms with Crippen molar-refractivity contribution in [3.63, 3.8) is 0 Å². The molecule has 3 nitrogen and oxygen atoms in total. The van der Waals surface area contributed by atoms with Crippen molar-refractivity contribution in [1.29, 1.82) is 0 Å². The van der Waals surface area contributed by atoms with E-state index in [2.05, 4.69) is 10.4 Å². The molecule has 0 spiro atoms. The van der Waals surface area contributed by atoms with E-state index in [1.54, 1.807) is 11.3 Å². The predicted octanol–water partition coefficient (Wildman–Crippen LogP) is 1.19. The molecule has 0 aromatic carbocycles. The summed E-state index contributed by atoms with van der Waals surface area (Å²) in [7, 11) is 0. The minimum atomic E-state index is -0.200. The highest BCUT2D eigenvalue weighted by atomic mass is 32.1. The van der Waals surface area contributed by atoms with E-state index in [0.717, 1.165) is 25.1 Å². The van der Waals surface area contributed by atoms with E-state index in [0.29, 0.717) is 0 Å². The number of thiazole rings is 1. The predicted molar refractivity (Wildman–Crippen MR) is 52.8 cm³/mol. The first-order valence-electron chi connectivity index (χ1n) is 4.48. The zero-order valence-electron chi connectivity index (χ0n) is 7.69. The third-order valence-electron chi connectivity index (χ3n) is 2.74. The molecule has 72 valence electrons. The molecule has 1 aromatic heterocycles. The van der Waals surface area contributed by atoms with Crippen LogP contribution in [-0.4, -0.2) is 23.2 Å². The Hall–Kier alpha value is -0.450. The largest absolute Gasteiger partial charge is 0.377 e. The van der Waals surface area contributed by atoms with Crippen molar-refractivity contribution >= 4 is 11.3 Å². The second-order valence-electron chi connectivity index (χ2n) is 3.65. The Bertz CT molecular complexity index is 275. The van der Waals surface area contributed by atoms with E-state index in [4.69, 9.17) is 10.5 Å². The highest BCUT2D eigenvalue weighted by Crippen LogP contribution is 2.26. The molecule has 2 atom stereocenters. The maximum absolute atomic E-state index is 6.23. The molecule has 0 aliphatic carbocycles. The molecule has 13 heavy (non-hydrogen) atoms. The molecule has 1 fully saturated rings. The molecule has 1 aliphatic heterocycles. The highest BCUT2D eigenvalue weighted by molar-refractivity contribution is 7.07. The monoisotopic (exact) mass is 198 g/mol. The molecule has 1 aromatic rings. The second kappa shape index (κ2) is 3.36. The second-order valence-corrected chi connectivity index (χ2v) is 4.37. The third-order valence-corrected chi connectivity index (χ3v) is 3.37. The maximum atomic E-state index is 6.23. The van der Waals surface area contributed by atoms with Gasteiger partial charge in [-0.2, -0.15) is 0 Å². The van der Waals surface area contributed by atoms with E-state index in [9.17, 15) is 0 Å². The van der Waals surface area contributed by atoms with Gasteiger partial charge in [0, 0.05) is 23.9 Å². The van der Waals surface area contributed by atoms with E-state index in [1.165, 1.54) is 0 Å². The summed E-state index contributed by atoms with van der Waals surface area (Å²) in [4.78, 5) is 4.24. The molecule has 0 radical (unpaired) electrons. The Morgan fingerprint density at radius 3 is 3.23 bits per heavy atom. The molecule has 2 N–H and O–H groups in total. The van der Waals surface area contributed by atoms with Gasteiger partial charge in [0.15, 0.2) is 0 Å². The van der Waals surface area contributed by atoms with Crippen LogP contribution in [0.25, 0.3) is 0 Å². The molecule has 1 saturated heterocycles. The van der Waals surface area contributed by atoms with Crippen LogP contribution in [0.1, 0.15) is 19.0 Å². The van der Waals surface area contributed by atoms with Crippen LogP contribution in [-0.2, 0) is 11.2 Å².